The SMILES string of the molecule is Cc1cc(C)cc(-c2ccc(C(C)N)o2)c1. The highest BCUT2D eigenvalue weighted by Crippen LogP contribution is 2.26. The molecule has 1 aromatic heterocycles. The van der Waals surface area contributed by atoms with Crippen molar-refractivity contribution in [3.8, 4) is 11.3 Å². The Kier molecular flexibility index (Phi) is 2.84. The second kappa shape index (κ2) is 4.14. The maximum Gasteiger partial charge on any atom is 0.134 e. The van der Waals surface area contributed by atoms with E-state index >= 15 is 0 Å². The Labute approximate surface area is 96.1 Å². The summed E-state index contributed by atoms with van der Waals surface area (Å²) in [5.41, 5.74) is 9.37. The molecule has 1 atom stereocenters. The fraction of sp³-hybridized carbons (Fsp3) is 0.286. The molecule has 2 rings (SSSR count). The van der Waals surface area contributed by atoms with E-state index in [9.17, 15) is 0 Å². The topological polar surface area (TPSA) is 39.2 Å². The number of rotatable bonds is 2. The van der Waals surface area contributed by atoms with E-state index < -0.39 is 0 Å². The molecule has 2 heteroatoms. The van der Waals surface area contributed by atoms with E-state index in [0.29, 0.717) is 0 Å². The first kappa shape index (κ1) is 11.0. The maximum absolute atomic E-state index is 5.77. The molecule has 84 valence electrons. The normalized spacial score (nSPS) is 12.8. The van der Waals surface area contributed by atoms with E-state index in [4.69, 9.17) is 10.2 Å². The summed E-state index contributed by atoms with van der Waals surface area (Å²) in [6.07, 6.45) is 0. The van der Waals surface area contributed by atoms with Crippen molar-refractivity contribution in [3.05, 3.63) is 47.2 Å². The fourth-order valence-corrected chi connectivity index (χ4v) is 1.87. The standard InChI is InChI=1S/C14H17NO/c1-9-6-10(2)8-12(7-9)14-5-4-13(16-14)11(3)15/h4-8,11H,15H2,1-3H3. The fourth-order valence-electron chi connectivity index (χ4n) is 1.87. The molecule has 0 saturated carbocycles. The van der Waals surface area contributed by atoms with Crippen molar-refractivity contribution in [3.63, 3.8) is 0 Å². The summed E-state index contributed by atoms with van der Waals surface area (Å²) < 4.78 is 5.72. The Morgan fingerprint density at radius 1 is 1.06 bits per heavy atom. The van der Waals surface area contributed by atoms with Gasteiger partial charge < -0.3 is 10.2 Å². The van der Waals surface area contributed by atoms with Crippen LogP contribution in [0.5, 0.6) is 0 Å². The number of aryl methyl sites for hydroxylation is 2. The van der Waals surface area contributed by atoms with Gasteiger partial charge in [0.25, 0.3) is 0 Å². The molecule has 0 fully saturated rings. The zero-order valence-corrected chi connectivity index (χ0v) is 9.95. The first-order valence-corrected chi connectivity index (χ1v) is 5.50. The van der Waals surface area contributed by atoms with Gasteiger partial charge in [0, 0.05) is 5.56 Å². The Bertz CT molecular complexity index is 477. The molecular weight excluding hydrogens is 198 g/mol. The van der Waals surface area contributed by atoms with E-state index in [0.717, 1.165) is 17.1 Å². The lowest BCUT2D eigenvalue weighted by molar-refractivity contribution is 0.491. The third kappa shape index (κ3) is 2.17. The molecule has 1 heterocycles. The molecule has 0 bridgehead atoms. The van der Waals surface area contributed by atoms with Crippen LogP contribution in [0.1, 0.15) is 29.9 Å². The van der Waals surface area contributed by atoms with Crippen LogP contribution in [0, 0.1) is 13.8 Å². The Hall–Kier alpha value is -1.54. The maximum atomic E-state index is 5.77. The van der Waals surface area contributed by atoms with Crippen molar-refractivity contribution >= 4 is 0 Å². The van der Waals surface area contributed by atoms with Gasteiger partial charge in [-0.1, -0.05) is 17.2 Å². The minimum atomic E-state index is -0.0559. The quantitative estimate of drug-likeness (QED) is 0.831. The van der Waals surface area contributed by atoms with Gasteiger partial charge in [0.15, 0.2) is 0 Å². The van der Waals surface area contributed by atoms with Crippen molar-refractivity contribution in [1.29, 1.82) is 0 Å². The first-order valence-electron chi connectivity index (χ1n) is 5.50. The molecule has 0 aliphatic carbocycles. The average Bonchev–Trinajstić information content (AvgIpc) is 2.64. The lowest BCUT2D eigenvalue weighted by atomic mass is 10.1. The highest BCUT2D eigenvalue weighted by Gasteiger charge is 2.08. The van der Waals surface area contributed by atoms with Crippen LogP contribution in [0.3, 0.4) is 0 Å². The van der Waals surface area contributed by atoms with Gasteiger partial charge in [0.2, 0.25) is 0 Å². The largest absolute Gasteiger partial charge is 0.459 e. The Morgan fingerprint density at radius 2 is 1.69 bits per heavy atom. The summed E-state index contributed by atoms with van der Waals surface area (Å²) in [7, 11) is 0. The lowest BCUT2D eigenvalue weighted by Gasteiger charge is -2.03. The zero-order chi connectivity index (χ0) is 11.7. The van der Waals surface area contributed by atoms with Crippen LogP contribution in [0.2, 0.25) is 0 Å². The molecule has 0 saturated heterocycles. The lowest BCUT2D eigenvalue weighted by Crippen LogP contribution is -2.02. The minimum Gasteiger partial charge on any atom is -0.459 e. The molecular formula is C14H17NO. The van der Waals surface area contributed by atoms with E-state index in [1.54, 1.807) is 0 Å². The molecule has 16 heavy (non-hydrogen) atoms. The minimum absolute atomic E-state index is 0.0559. The van der Waals surface area contributed by atoms with Crippen LogP contribution in [0.4, 0.5) is 0 Å². The van der Waals surface area contributed by atoms with Crippen molar-refractivity contribution in [1.82, 2.24) is 0 Å². The second-order valence-electron chi connectivity index (χ2n) is 4.37. The number of nitrogens with two attached hydrogens (primary N) is 1. The third-order valence-corrected chi connectivity index (χ3v) is 2.58. The third-order valence-electron chi connectivity index (χ3n) is 2.58. The molecule has 0 amide bonds. The van der Waals surface area contributed by atoms with Gasteiger partial charge in [-0.2, -0.15) is 0 Å². The van der Waals surface area contributed by atoms with E-state index in [1.165, 1.54) is 11.1 Å². The molecule has 2 N–H and O–H groups in total. The summed E-state index contributed by atoms with van der Waals surface area (Å²) >= 11 is 0. The van der Waals surface area contributed by atoms with Crippen molar-refractivity contribution in [2.75, 3.05) is 0 Å². The molecule has 0 spiro atoms. The summed E-state index contributed by atoms with van der Waals surface area (Å²) in [4.78, 5) is 0. The number of benzene rings is 1. The predicted molar refractivity (Wildman–Crippen MR) is 66.2 cm³/mol. The predicted octanol–water partition coefficient (Wildman–Crippen LogP) is 3.58. The van der Waals surface area contributed by atoms with Crippen LogP contribution in [-0.2, 0) is 0 Å². The highest BCUT2D eigenvalue weighted by atomic mass is 16.3. The molecule has 0 radical (unpaired) electrons. The Morgan fingerprint density at radius 3 is 2.19 bits per heavy atom. The first-order chi connectivity index (χ1) is 7.56. The van der Waals surface area contributed by atoms with Crippen molar-refractivity contribution in [2.24, 2.45) is 5.73 Å². The molecule has 1 aromatic carbocycles. The van der Waals surface area contributed by atoms with Crippen LogP contribution < -0.4 is 5.73 Å². The van der Waals surface area contributed by atoms with E-state index in [2.05, 4.69) is 32.0 Å². The average molecular weight is 215 g/mol. The van der Waals surface area contributed by atoms with Gasteiger partial charge in [0.05, 0.1) is 6.04 Å². The molecule has 1 unspecified atom stereocenters. The molecule has 0 aliphatic rings. The van der Waals surface area contributed by atoms with Gasteiger partial charge in [-0.25, -0.2) is 0 Å². The highest BCUT2D eigenvalue weighted by molar-refractivity contribution is 5.60. The van der Waals surface area contributed by atoms with Crippen LogP contribution in [-0.4, -0.2) is 0 Å². The van der Waals surface area contributed by atoms with Gasteiger partial charge in [0.1, 0.15) is 11.5 Å². The summed E-state index contributed by atoms with van der Waals surface area (Å²) in [5, 5.41) is 0. The van der Waals surface area contributed by atoms with Gasteiger partial charge >= 0.3 is 0 Å². The van der Waals surface area contributed by atoms with E-state index in [-0.39, 0.29) is 6.04 Å². The van der Waals surface area contributed by atoms with Gasteiger partial charge in [-0.05, 0) is 45.0 Å². The number of hydrogen-bond donors (Lipinski definition) is 1. The smallest absolute Gasteiger partial charge is 0.134 e. The van der Waals surface area contributed by atoms with Gasteiger partial charge in [-0.3, -0.25) is 0 Å². The summed E-state index contributed by atoms with van der Waals surface area (Å²) in [6.45, 7) is 6.10. The summed E-state index contributed by atoms with van der Waals surface area (Å²) in [5.74, 6) is 1.72. The molecule has 0 aliphatic heterocycles. The zero-order valence-electron chi connectivity index (χ0n) is 9.95. The second-order valence-corrected chi connectivity index (χ2v) is 4.37. The van der Waals surface area contributed by atoms with Crippen molar-refractivity contribution in [2.45, 2.75) is 26.8 Å². The van der Waals surface area contributed by atoms with Crippen LogP contribution >= 0.6 is 0 Å². The van der Waals surface area contributed by atoms with Crippen molar-refractivity contribution < 1.29 is 4.42 Å². The Balaban J connectivity index is 2.42. The van der Waals surface area contributed by atoms with Gasteiger partial charge in [-0.15, -0.1) is 0 Å². The van der Waals surface area contributed by atoms with Crippen LogP contribution in [0.25, 0.3) is 11.3 Å². The molecule has 2 aromatic rings. The number of hydrogen-bond acceptors (Lipinski definition) is 2. The van der Waals surface area contributed by atoms with E-state index in [1.807, 2.05) is 19.1 Å². The molecule has 2 nitrogen and oxygen atoms in total. The summed E-state index contributed by atoms with van der Waals surface area (Å²) in [6, 6.07) is 10.3. The number of furan rings is 1. The van der Waals surface area contributed by atoms with Crippen LogP contribution in [0.15, 0.2) is 34.7 Å². The monoisotopic (exact) mass is 215 g/mol.